The smallest absolute Gasteiger partial charge is 0.0744 e. The summed E-state index contributed by atoms with van der Waals surface area (Å²) in [5.41, 5.74) is 1.20. The van der Waals surface area contributed by atoms with Gasteiger partial charge in [0.25, 0.3) is 0 Å². The van der Waals surface area contributed by atoms with Crippen LogP contribution in [-0.2, 0) is 5.54 Å². The number of rotatable bonds is 2. The maximum Gasteiger partial charge on any atom is 0.0744 e. The highest BCUT2D eigenvalue weighted by atomic mass is 35.5. The summed E-state index contributed by atoms with van der Waals surface area (Å²) in [6.45, 7) is 2.04. The van der Waals surface area contributed by atoms with Gasteiger partial charge in [0.1, 0.15) is 0 Å². The van der Waals surface area contributed by atoms with Crippen LogP contribution in [0.25, 0.3) is 0 Å². The molecule has 16 heavy (non-hydrogen) atoms. The van der Waals surface area contributed by atoms with E-state index in [1.807, 2.05) is 25.4 Å². The van der Waals surface area contributed by atoms with Crippen molar-refractivity contribution in [2.45, 2.75) is 12.0 Å². The van der Waals surface area contributed by atoms with E-state index in [1.165, 1.54) is 0 Å². The van der Waals surface area contributed by atoms with Crippen molar-refractivity contribution in [3.8, 4) is 0 Å². The molecule has 1 aliphatic rings. The van der Waals surface area contributed by atoms with E-state index >= 15 is 0 Å². The Bertz CT molecular complexity index is 276. The zero-order valence-corrected chi connectivity index (χ0v) is 11.6. The van der Waals surface area contributed by atoms with Crippen LogP contribution in [0.3, 0.4) is 0 Å². The number of aromatic nitrogens is 1. The molecular formula is C10H18Cl3N3. The third kappa shape index (κ3) is 3.47. The van der Waals surface area contributed by atoms with Gasteiger partial charge in [-0.1, -0.05) is 6.07 Å². The Kier molecular flexibility index (Phi) is 9.26. The average molecular weight is 287 g/mol. The van der Waals surface area contributed by atoms with E-state index in [2.05, 4.69) is 21.7 Å². The highest BCUT2D eigenvalue weighted by Gasteiger charge is 2.34. The number of pyridine rings is 1. The molecule has 1 aliphatic heterocycles. The molecule has 0 saturated carbocycles. The molecule has 2 rings (SSSR count). The van der Waals surface area contributed by atoms with E-state index in [0.717, 1.165) is 25.2 Å². The van der Waals surface area contributed by atoms with Crippen LogP contribution >= 0.6 is 37.2 Å². The Morgan fingerprint density at radius 3 is 2.50 bits per heavy atom. The van der Waals surface area contributed by atoms with Crippen molar-refractivity contribution in [3.63, 3.8) is 0 Å². The molecule has 1 atom stereocenters. The van der Waals surface area contributed by atoms with Gasteiger partial charge in [-0.15, -0.1) is 37.2 Å². The Hall–Kier alpha value is -0.0600. The summed E-state index contributed by atoms with van der Waals surface area (Å²) in [5, 5.41) is 6.73. The molecule has 1 aromatic rings. The third-order valence-electron chi connectivity index (χ3n) is 2.79. The van der Waals surface area contributed by atoms with Crippen LogP contribution in [0.5, 0.6) is 0 Å². The molecule has 1 unspecified atom stereocenters. The van der Waals surface area contributed by atoms with Gasteiger partial charge >= 0.3 is 0 Å². The van der Waals surface area contributed by atoms with E-state index < -0.39 is 0 Å². The van der Waals surface area contributed by atoms with Crippen molar-refractivity contribution in [3.05, 3.63) is 30.1 Å². The van der Waals surface area contributed by atoms with Gasteiger partial charge in [0.15, 0.2) is 0 Å². The lowest BCUT2D eigenvalue weighted by Crippen LogP contribution is -2.42. The molecule has 1 saturated heterocycles. The maximum absolute atomic E-state index is 4.40. The number of halogens is 3. The minimum absolute atomic E-state index is 0. The molecule has 0 aromatic carbocycles. The number of likely N-dealkylation sites (N-methyl/N-ethyl adjacent to an activating group) is 1. The quantitative estimate of drug-likeness (QED) is 0.870. The van der Waals surface area contributed by atoms with Gasteiger partial charge < -0.3 is 10.6 Å². The van der Waals surface area contributed by atoms with Gasteiger partial charge in [-0.3, -0.25) is 4.98 Å². The van der Waals surface area contributed by atoms with Crippen LogP contribution in [0.2, 0.25) is 0 Å². The first-order valence-corrected chi connectivity index (χ1v) is 4.68. The van der Waals surface area contributed by atoms with Crippen LogP contribution in [0, 0.1) is 0 Å². The van der Waals surface area contributed by atoms with Crippen molar-refractivity contribution < 1.29 is 0 Å². The topological polar surface area (TPSA) is 37.0 Å². The highest BCUT2D eigenvalue weighted by molar-refractivity contribution is 5.86. The normalized spacial score (nSPS) is 22.6. The lowest BCUT2D eigenvalue weighted by Gasteiger charge is -2.26. The largest absolute Gasteiger partial charge is 0.314 e. The molecule has 6 heteroatoms. The summed E-state index contributed by atoms with van der Waals surface area (Å²) in [5.74, 6) is 0. The predicted octanol–water partition coefficient (Wildman–Crippen LogP) is 1.76. The van der Waals surface area contributed by atoms with Crippen molar-refractivity contribution in [1.82, 2.24) is 15.6 Å². The van der Waals surface area contributed by atoms with Crippen molar-refractivity contribution in [1.29, 1.82) is 0 Å². The van der Waals surface area contributed by atoms with Crippen LogP contribution in [0.15, 0.2) is 24.4 Å². The fraction of sp³-hybridized carbons (Fsp3) is 0.500. The van der Waals surface area contributed by atoms with Crippen molar-refractivity contribution >= 4 is 37.2 Å². The molecule has 0 radical (unpaired) electrons. The van der Waals surface area contributed by atoms with Crippen LogP contribution in [0.1, 0.15) is 12.1 Å². The molecule has 0 bridgehead atoms. The van der Waals surface area contributed by atoms with E-state index in [-0.39, 0.29) is 42.8 Å². The second-order valence-corrected chi connectivity index (χ2v) is 3.47. The molecule has 3 nitrogen and oxygen atoms in total. The zero-order valence-electron chi connectivity index (χ0n) is 9.10. The summed E-state index contributed by atoms with van der Waals surface area (Å²) in [6.07, 6.45) is 2.97. The van der Waals surface area contributed by atoms with E-state index in [0.29, 0.717) is 0 Å². The van der Waals surface area contributed by atoms with E-state index in [1.54, 1.807) is 0 Å². The van der Waals surface area contributed by atoms with Crippen LogP contribution in [0.4, 0.5) is 0 Å². The van der Waals surface area contributed by atoms with E-state index in [9.17, 15) is 0 Å². The molecule has 94 valence electrons. The SMILES string of the molecule is CNC1(c2ccccn2)CCNC1.Cl.Cl.Cl. The highest BCUT2D eigenvalue weighted by Crippen LogP contribution is 2.24. The number of nitrogens with one attached hydrogen (secondary N) is 2. The molecule has 0 aliphatic carbocycles. The second kappa shape index (κ2) is 8.09. The summed E-state index contributed by atoms with van der Waals surface area (Å²) >= 11 is 0. The molecule has 2 heterocycles. The van der Waals surface area contributed by atoms with Crippen LogP contribution in [-0.4, -0.2) is 25.1 Å². The van der Waals surface area contributed by atoms with Crippen molar-refractivity contribution in [2.24, 2.45) is 0 Å². The number of hydrogen-bond acceptors (Lipinski definition) is 3. The molecule has 1 fully saturated rings. The van der Waals surface area contributed by atoms with Gasteiger partial charge in [0, 0.05) is 12.7 Å². The van der Waals surface area contributed by atoms with Crippen molar-refractivity contribution in [2.75, 3.05) is 20.1 Å². The van der Waals surface area contributed by atoms with Gasteiger partial charge in [-0.25, -0.2) is 0 Å². The molecule has 0 amide bonds. The average Bonchev–Trinajstić information content (AvgIpc) is 2.69. The first-order valence-electron chi connectivity index (χ1n) is 4.68. The first-order chi connectivity index (χ1) is 6.37. The predicted molar refractivity (Wildman–Crippen MR) is 74.2 cm³/mol. The monoisotopic (exact) mass is 285 g/mol. The molecule has 0 spiro atoms. The maximum atomic E-state index is 4.40. The summed E-state index contributed by atoms with van der Waals surface area (Å²) in [4.78, 5) is 4.40. The fourth-order valence-corrected chi connectivity index (χ4v) is 1.90. The van der Waals surface area contributed by atoms with Gasteiger partial charge in [-0.2, -0.15) is 0 Å². The Morgan fingerprint density at radius 1 is 1.31 bits per heavy atom. The van der Waals surface area contributed by atoms with E-state index in [4.69, 9.17) is 0 Å². The zero-order chi connectivity index (χ0) is 9.15. The fourth-order valence-electron chi connectivity index (χ4n) is 1.90. The lowest BCUT2D eigenvalue weighted by atomic mass is 9.94. The Labute approximate surface area is 115 Å². The molecular weight excluding hydrogens is 268 g/mol. The first kappa shape index (κ1) is 18.3. The summed E-state index contributed by atoms with van der Waals surface area (Å²) in [6, 6.07) is 6.08. The number of nitrogens with zero attached hydrogens (tertiary/aromatic N) is 1. The van der Waals surface area contributed by atoms with Crippen LogP contribution < -0.4 is 10.6 Å². The van der Waals surface area contributed by atoms with Gasteiger partial charge in [0.05, 0.1) is 11.2 Å². The second-order valence-electron chi connectivity index (χ2n) is 3.47. The summed E-state index contributed by atoms with van der Waals surface area (Å²) < 4.78 is 0. The van der Waals surface area contributed by atoms with Gasteiger partial charge in [-0.05, 0) is 32.1 Å². The number of hydrogen-bond donors (Lipinski definition) is 2. The minimum Gasteiger partial charge on any atom is -0.314 e. The lowest BCUT2D eigenvalue weighted by molar-refractivity contribution is 0.387. The molecule has 1 aromatic heterocycles. The Morgan fingerprint density at radius 2 is 2.06 bits per heavy atom. The van der Waals surface area contributed by atoms with Gasteiger partial charge in [0.2, 0.25) is 0 Å². The minimum atomic E-state index is 0. The third-order valence-corrected chi connectivity index (χ3v) is 2.79. The standard InChI is InChI=1S/C10H15N3.3ClH/c1-11-10(5-7-12-8-10)9-4-2-3-6-13-9;;;/h2-4,6,11-12H,5,7-8H2,1H3;3*1H. The molecule has 2 N–H and O–H groups in total. The Balaban J connectivity index is 0. The summed E-state index contributed by atoms with van der Waals surface area (Å²) in [7, 11) is 2.00.